The lowest BCUT2D eigenvalue weighted by Gasteiger charge is -2.23. The van der Waals surface area contributed by atoms with E-state index in [1.54, 1.807) is 0 Å². The summed E-state index contributed by atoms with van der Waals surface area (Å²) in [5, 5.41) is 4.23. The van der Waals surface area contributed by atoms with E-state index in [1.807, 2.05) is 0 Å². The third-order valence-electron chi connectivity index (χ3n) is 4.25. The van der Waals surface area contributed by atoms with Gasteiger partial charge in [-0.1, -0.05) is 17.7 Å². The van der Waals surface area contributed by atoms with Gasteiger partial charge < -0.3 is 10.1 Å². The lowest BCUT2D eigenvalue weighted by atomic mass is 9.90. The zero-order chi connectivity index (χ0) is 13.1. The van der Waals surface area contributed by atoms with Gasteiger partial charge in [-0.05, 0) is 74.7 Å². The van der Waals surface area contributed by atoms with Gasteiger partial charge in [-0.25, -0.2) is 0 Å². The third-order valence-corrected chi connectivity index (χ3v) is 4.53. The van der Waals surface area contributed by atoms with E-state index in [4.69, 9.17) is 16.3 Å². The quantitative estimate of drug-likeness (QED) is 0.893. The molecule has 0 aliphatic carbocycles. The molecule has 3 heteroatoms. The molecule has 1 aromatic carbocycles. The monoisotopic (exact) mass is 279 g/mol. The highest BCUT2D eigenvalue weighted by Crippen LogP contribution is 2.34. The van der Waals surface area contributed by atoms with E-state index in [0.29, 0.717) is 0 Å². The molecule has 0 amide bonds. The predicted octanol–water partition coefficient (Wildman–Crippen LogP) is 3.60. The fourth-order valence-electron chi connectivity index (χ4n) is 3.19. The van der Waals surface area contributed by atoms with Gasteiger partial charge in [0.05, 0.1) is 11.6 Å². The van der Waals surface area contributed by atoms with Crippen molar-refractivity contribution in [2.45, 2.75) is 38.5 Å². The molecule has 2 aliphatic rings. The van der Waals surface area contributed by atoms with Crippen molar-refractivity contribution < 1.29 is 4.74 Å². The highest BCUT2D eigenvalue weighted by molar-refractivity contribution is 6.32. The maximum atomic E-state index is 6.40. The molecule has 1 aromatic rings. The average Bonchev–Trinajstić information content (AvgIpc) is 2.65. The number of fused-ring (bicyclic) bond motifs is 1. The molecule has 0 bridgehead atoms. The maximum Gasteiger partial charge on any atom is 0.141 e. The summed E-state index contributed by atoms with van der Waals surface area (Å²) in [6.45, 7) is 3.12. The van der Waals surface area contributed by atoms with Crippen LogP contribution in [0.15, 0.2) is 12.1 Å². The summed E-state index contributed by atoms with van der Waals surface area (Å²) in [7, 11) is 0. The molecule has 0 spiro atoms. The van der Waals surface area contributed by atoms with Gasteiger partial charge in [-0.3, -0.25) is 0 Å². The number of hydrogen-bond acceptors (Lipinski definition) is 2. The van der Waals surface area contributed by atoms with Gasteiger partial charge in [0.15, 0.2) is 0 Å². The number of aryl methyl sites for hydroxylation is 1. The molecule has 3 rings (SSSR count). The van der Waals surface area contributed by atoms with E-state index >= 15 is 0 Å². The van der Waals surface area contributed by atoms with Crippen molar-refractivity contribution in [1.29, 1.82) is 0 Å². The minimum atomic E-state index is 0.806. The summed E-state index contributed by atoms with van der Waals surface area (Å²) in [5.74, 6) is 1.75. The summed E-state index contributed by atoms with van der Waals surface area (Å²) >= 11 is 6.40. The maximum absolute atomic E-state index is 6.40. The minimum absolute atomic E-state index is 0.806. The SMILES string of the molecule is Clc1cc(CC2CCNCC2)cc2c1OCCCC2. The Balaban J connectivity index is 1.78. The fourth-order valence-corrected chi connectivity index (χ4v) is 3.50. The Morgan fingerprint density at radius 1 is 1.21 bits per heavy atom. The van der Waals surface area contributed by atoms with Crippen molar-refractivity contribution in [3.05, 3.63) is 28.3 Å². The molecular weight excluding hydrogens is 258 g/mol. The van der Waals surface area contributed by atoms with Crippen LogP contribution < -0.4 is 10.1 Å². The van der Waals surface area contributed by atoms with Crippen molar-refractivity contribution in [3.63, 3.8) is 0 Å². The van der Waals surface area contributed by atoms with E-state index in [9.17, 15) is 0 Å². The normalized spacial score (nSPS) is 20.5. The Morgan fingerprint density at radius 2 is 2.05 bits per heavy atom. The largest absolute Gasteiger partial charge is 0.492 e. The highest BCUT2D eigenvalue weighted by atomic mass is 35.5. The molecule has 1 saturated heterocycles. The zero-order valence-electron chi connectivity index (χ0n) is 11.4. The molecule has 0 radical (unpaired) electrons. The third kappa shape index (κ3) is 3.24. The summed E-state index contributed by atoms with van der Waals surface area (Å²) in [5.41, 5.74) is 2.70. The van der Waals surface area contributed by atoms with Crippen LogP contribution in [0.5, 0.6) is 5.75 Å². The Bertz CT molecular complexity index is 441. The minimum Gasteiger partial charge on any atom is -0.492 e. The van der Waals surface area contributed by atoms with Crippen LogP contribution in [0.3, 0.4) is 0 Å². The molecule has 1 N–H and O–H groups in total. The number of hydrogen-bond donors (Lipinski definition) is 1. The van der Waals surface area contributed by atoms with Gasteiger partial charge >= 0.3 is 0 Å². The second-order valence-electron chi connectivity index (χ2n) is 5.77. The molecular formula is C16H22ClNO. The van der Waals surface area contributed by atoms with Crippen LogP contribution in [0.25, 0.3) is 0 Å². The number of benzene rings is 1. The smallest absolute Gasteiger partial charge is 0.141 e. The summed E-state index contributed by atoms with van der Waals surface area (Å²) in [6.07, 6.45) is 7.18. The lowest BCUT2D eigenvalue weighted by molar-refractivity contribution is 0.317. The summed E-state index contributed by atoms with van der Waals surface area (Å²) < 4.78 is 5.78. The van der Waals surface area contributed by atoms with Crippen LogP contribution in [-0.4, -0.2) is 19.7 Å². The molecule has 0 aromatic heterocycles. The number of ether oxygens (including phenoxy) is 1. The predicted molar refractivity (Wildman–Crippen MR) is 79.2 cm³/mol. The molecule has 0 atom stereocenters. The van der Waals surface area contributed by atoms with Crippen molar-refractivity contribution in [3.8, 4) is 5.75 Å². The van der Waals surface area contributed by atoms with Crippen LogP contribution in [0.4, 0.5) is 0 Å². The van der Waals surface area contributed by atoms with Crippen molar-refractivity contribution in [2.24, 2.45) is 5.92 Å². The molecule has 2 aliphatic heterocycles. The number of nitrogens with one attached hydrogen (secondary N) is 1. The molecule has 1 fully saturated rings. The van der Waals surface area contributed by atoms with E-state index < -0.39 is 0 Å². The van der Waals surface area contributed by atoms with Gasteiger partial charge in [0, 0.05) is 0 Å². The molecule has 0 saturated carbocycles. The van der Waals surface area contributed by atoms with E-state index in [-0.39, 0.29) is 0 Å². The van der Waals surface area contributed by atoms with Crippen molar-refractivity contribution >= 4 is 11.6 Å². The van der Waals surface area contributed by atoms with Crippen LogP contribution >= 0.6 is 11.6 Å². The standard InChI is InChI=1S/C16H22ClNO/c17-15-11-13(9-12-4-6-18-7-5-12)10-14-3-1-2-8-19-16(14)15/h10-12,18H,1-9H2. The molecule has 2 heterocycles. The Labute approximate surface area is 120 Å². The molecule has 104 valence electrons. The van der Waals surface area contributed by atoms with Crippen molar-refractivity contribution in [1.82, 2.24) is 5.32 Å². The van der Waals surface area contributed by atoms with Gasteiger partial charge in [0.2, 0.25) is 0 Å². The Morgan fingerprint density at radius 3 is 2.89 bits per heavy atom. The van der Waals surface area contributed by atoms with Crippen LogP contribution in [-0.2, 0) is 12.8 Å². The lowest BCUT2D eigenvalue weighted by Crippen LogP contribution is -2.28. The Hall–Kier alpha value is -0.730. The summed E-state index contributed by atoms with van der Waals surface area (Å²) in [6, 6.07) is 4.45. The number of rotatable bonds is 2. The number of halogens is 1. The van der Waals surface area contributed by atoms with Gasteiger partial charge in [-0.2, -0.15) is 0 Å². The van der Waals surface area contributed by atoms with Crippen molar-refractivity contribution in [2.75, 3.05) is 19.7 Å². The molecule has 0 unspecified atom stereocenters. The highest BCUT2D eigenvalue weighted by Gasteiger charge is 2.17. The second kappa shape index (κ2) is 6.15. The first kappa shape index (κ1) is 13.3. The van der Waals surface area contributed by atoms with Gasteiger partial charge in [0.1, 0.15) is 5.75 Å². The fraction of sp³-hybridized carbons (Fsp3) is 0.625. The topological polar surface area (TPSA) is 21.3 Å². The molecule has 2 nitrogen and oxygen atoms in total. The average molecular weight is 280 g/mol. The number of piperidine rings is 1. The first-order valence-corrected chi connectivity index (χ1v) is 7.85. The molecule has 19 heavy (non-hydrogen) atoms. The Kier molecular flexibility index (Phi) is 4.29. The van der Waals surface area contributed by atoms with E-state index in [1.165, 1.54) is 30.4 Å². The van der Waals surface area contributed by atoms with Crippen LogP contribution in [0.2, 0.25) is 5.02 Å². The first-order valence-electron chi connectivity index (χ1n) is 7.48. The summed E-state index contributed by atoms with van der Waals surface area (Å²) in [4.78, 5) is 0. The van der Waals surface area contributed by atoms with Crippen LogP contribution in [0, 0.1) is 5.92 Å². The first-order chi connectivity index (χ1) is 9.33. The zero-order valence-corrected chi connectivity index (χ0v) is 12.1. The van der Waals surface area contributed by atoms with Gasteiger partial charge in [-0.15, -0.1) is 0 Å². The second-order valence-corrected chi connectivity index (χ2v) is 6.18. The van der Waals surface area contributed by atoms with Gasteiger partial charge in [0.25, 0.3) is 0 Å². The van der Waals surface area contributed by atoms with E-state index in [0.717, 1.165) is 55.6 Å². The van der Waals surface area contributed by atoms with Crippen LogP contribution in [0.1, 0.15) is 36.8 Å². The van der Waals surface area contributed by atoms with E-state index in [2.05, 4.69) is 17.4 Å².